The Kier molecular flexibility index (Phi) is 6.74. The number of nitrogens with one attached hydrogen (secondary N) is 2. The van der Waals surface area contributed by atoms with Crippen LogP contribution in [0.4, 0.5) is 4.79 Å². The second-order valence-corrected chi connectivity index (χ2v) is 8.94. The van der Waals surface area contributed by atoms with Crippen molar-refractivity contribution in [1.82, 2.24) is 20.4 Å². The molecule has 2 aromatic carbocycles. The van der Waals surface area contributed by atoms with Gasteiger partial charge in [0.05, 0.1) is 40.7 Å². The summed E-state index contributed by atoms with van der Waals surface area (Å²) in [5, 5.41) is 10.4. The van der Waals surface area contributed by atoms with Crippen LogP contribution in [0.5, 0.6) is 5.75 Å². The van der Waals surface area contributed by atoms with E-state index in [1.807, 2.05) is 54.7 Å². The molecule has 4 rings (SSSR count). The summed E-state index contributed by atoms with van der Waals surface area (Å²) in [5.41, 5.74) is 3.67. The first-order valence-corrected chi connectivity index (χ1v) is 11.6. The zero-order valence-corrected chi connectivity index (χ0v) is 20.8. The summed E-state index contributed by atoms with van der Waals surface area (Å²) < 4.78 is 13.3. The highest BCUT2D eigenvalue weighted by molar-refractivity contribution is 9.10. The summed E-state index contributed by atoms with van der Waals surface area (Å²) >= 11 is 3.54. The van der Waals surface area contributed by atoms with Crippen molar-refractivity contribution in [3.63, 3.8) is 0 Å². The van der Waals surface area contributed by atoms with Gasteiger partial charge in [0.15, 0.2) is 0 Å². The van der Waals surface area contributed by atoms with Crippen LogP contribution in [0.25, 0.3) is 16.9 Å². The lowest BCUT2D eigenvalue weighted by Gasteiger charge is -2.28. The number of aromatic nitrogens is 2. The topological polar surface area (TPSA) is 94.5 Å². The van der Waals surface area contributed by atoms with Gasteiger partial charge >= 0.3 is 12.0 Å². The molecule has 8 nitrogen and oxygen atoms in total. The van der Waals surface area contributed by atoms with Crippen molar-refractivity contribution in [2.24, 2.45) is 0 Å². The number of rotatable bonds is 6. The second-order valence-electron chi connectivity index (χ2n) is 8.09. The molecule has 1 unspecified atom stereocenters. The quantitative estimate of drug-likeness (QED) is 0.447. The highest BCUT2D eigenvalue weighted by Gasteiger charge is 2.35. The summed E-state index contributed by atoms with van der Waals surface area (Å²) in [5.74, 6) is 0.180. The molecular weight excluding hydrogens is 500 g/mol. The maximum Gasteiger partial charge on any atom is 0.338 e. The Balaban J connectivity index is 1.90. The highest BCUT2D eigenvalue weighted by Crippen LogP contribution is 2.37. The number of carbonyl (C=O) groups excluding carboxylic acids is 2. The van der Waals surface area contributed by atoms with Crippen LogP contribution in [-0.2, 0) is 9.53 Å². The van der Waals surface area contributed by atoms with Crippen LogP contribution >= 0.6 is 15.9 Å². The Morgan fingerprint density at radius 3 is 2.56 bits per heavy atom. The van der Waals surface area contributed by atoms with Gasteiger partial charge in [-0.3, -0.25) is 0 Å². The molecule has 0 bridgehead atoms. The molecule has 0 aliphatic carbocycles. The third-order valence-electron chi connectivity index (χ3n) is 5.33. The van der Waals surface area contributed by atoms with E-state index in [4.69, 9.17) is 14.6 Å². The average Bonchev–Trinajstić information content (AvgIpc) is 3.24. The van der Waals surface area contributed by atoms with Crippen molar-refractivity contribution >= 4 is 27.9 Å². The van der Waals surface area contributed by atoms with E-state index in [-0.39, 0.29) is 6.10 Å². The van der Waals surface area contributed by atoms with Gasteiger partial charge in [-0.1, -0.05) is 18.2 Å². The molecule has 9 heteroatoms. The number of carbonyl (C=O) groups is 2. The summed E-state index contributed by atoms with van der Waals surface area (Å²) in [4.78, 5) is 25.5. The molecule has 34 heavy (non-hydrogen) atoms. The molecule has 0 saturated carbocycles. The molecule has 1 aromatic heterocycles. The van der Waals surface area contributed by atoms with E-state index in [1.54, 1.807) is 32.6 Å². The lowest BCUT2D eigenvalue weighted by Crippen LogP contribution is -2.45. The van der Waals surface area contributed by atoms with Gasteiger partial charge < -0.3 is 20.1 Å². The van der Waals surface area contributed by atoms with Crippen molar-refractivity contribution < 1.29 is 19.1 Å². The Morgan fingerprint density at radius 1 is 1.18 bits per heavy atom. The molecule has 0 fully saturated rings. The van der Waals surface area contributed by atoms with E-state index in [0.29, 0.717) is 28.3 Å². The number of hydrogen-bond acceptors (Lipinski definition) is 5. The number of ether oxygens (including phenoxy) is 2. The molecule has 1 atom stereocenters. The molecule has 2 N–H and O–H groups in total. The van der Waals surface area contributed by atoms with E-state index in [1.165, 1.54) is 0 Å². The predicted molar refractivity (Wildman–Crippen MR) is 132 cm³/mol. The Hall–Kier alpha value is -3.59. The van der Waals surface area contributed by atoms with Crippen molar-refractivity contribution in [2.75, 3.05) is 7.11 Å². The van der Waals surface area contributed by atoms with Gasteiger partial charge in [0.2, 0.25) is 0 Å². The highest BCUT2D eigenvalue weighted by atomic mass is 79.9. The summed E-state index contributed by atoms with van der Waals surface area (Å²) in [6.45, 7) is 5.25. The van der Waals surface area contributed by atoms with Crippen molar-refractivity contribution in [2.45, 2.75) is 32.9 Å². The minimum absolute atomic E-state index is 0.310. The standard InChI is InChI=1S/C25H25BrN4O4/c1-14(2)34-24(31)21-15(3)27-25(32)28-23(21)18-13-30(17-8-6-5-7-9-17)29-22(18)16-10-11-20(33-4)19(26)12-16/h5-14,23H,1-4H3,(H2,27,28,32). The number of allylic oxidation sites excluding steroid dienone is 1. The largest absolute Gasteiger partial charge is 0.496 e. The molecule has 3 aromatic rings. The minimum atomic E-state index is -0.756. The number of halogens is 1. The van der Waals surface area contributed by atoms with Crippen molar-refractivity contribution in [1.29, 1.82) is 0 Å². The summed E-state index contributed by atoms with van der Waals surface area (Å²) in [6, 6.07) is 14.1. The molecule has 2 heterocycles. The number of hydrogen-bond donors (Lipinski definition) is 2. The first-order valence-electron chi connectivity index (χ1n) is 10.8. The number of esters is 1. The van der Waals surface area contributed by atoms with Crippen LogP contribution in [-0.4, -0.2) is 35.0 Å². The summed E-state index contributed by atoms with van der Waals surface area (Å²) in [6.07, 6.45) is 1.52. The molecule has 2 amide bonds. The van der Waals surface area contributed by atoms with Gasteiger partial charge in [-0.2, -0.15) is 5.10 Å². The fourth-order valence-corrected chi connectivity index (χ4v) is 4.37. The average molecular weight is 525 g/mol. The van der Waals surface area contributed by atoms with Crippen LogP contribution in [0.3, 0.4) is 0 Å². The van der Waals surface area contributed by atoms with Crippen LogP contribution < -0.4 is 15.4 Å². The monoisotopic (exact) mass is 524 g/mol. The van der Waals surface area contributed by atoms with Crippen LogP contribution in [0.15, 0.2) is 70.5 Å². The zero-order valence-electron chi connectivity index (χ0n) is 19.3. The molecule has 1 aliphatic rings. The number of urea groups is 1. The van der Waals surface area contributed by atoms with Gasteiger partial charge in [0.25, 0.3) is 0 Å². The van der Waals surface area contributed by atoms with E-state index < -0.39 is 18.0 Å². The third-order valence-corrected chi connectivity index (χ3v) is 5.95. The molecule has 176 valence electrons. The first kappa shape index (κ1) is 23.6. The van der Waals surface area contributed by atoms with Gasteiger partial charge in [0.1, 0.15) is 5.75 Å². The Bertz CT molecular complexity index is 1270. The smallest absolute Gasteiger partial charge is 0.338 e. The number of amides is 2. The van der Waals surface area contributed by atoms with E-state index in [9.17, 15) is 9.59 Å². The SMILES string of the molecule is COc1ccc(-c2nn(-c3ccccc3)cc2C2NC(=O)NC(C)=C2C(=O)OC(C)C)cc1Br. The number of benzene rings is 2. The van der Waals surface area contributed by atoms with Gasteiger partial charge in [-0.15, -0.1) is 0 Å². The van der Waals surface area contributed by atoms with Gasteiger partial charge in [-0.05, 0) is 67.0 Å². The van der Waals surface area contributed by atoms with Crippen molar-refractivity contribution in [3.05, 3.63) is 76.0 Å². The van der Waals surface area contributed by atoms with Crippen molar-refractivity contribution in [3.8, 4) is 22.7 Å². The normalized spacial score (nSPS) is 15.7. The molecule has 0 saturated heterocycles. The number of para-hydroxylation sites is 1. The lowest BCUT2D eigenvalue weighted by molar-refractivity contribution is -0.143. The minimum Gasteiger partial charge on any atom is -0.496 e. The third kappa shape index (κ3) is 4.70. The Morgan fingerprint density at radius 2 is 1.91 bits per heavy atom. The van der Waals surface area contributed by atoms with Crippen LogP contribution in [0.1, 0.15) is 32.4 Å². The molecule has 0 radical (unpaired) electrons. The van der Waals surface area contributed by atoms with Crippen LogP contribution in [0, 0.1) is 0 Å². The van der Waals surface area contributed by atoms with Gasteiger partial charge in [-0.25, -0.2) is 14.3 Å². The molecule has 0 spiro atoms. The fraction of sp³-hybridized carbons (Fsp3) is 0.240. The number of nitrogens with zero attached hydrogens (tertiary/aromatic N) is 2. The summed E-state index contributed by atoms with van der Waals surface area (Å²) in [7, 11) is 1.60. The fourth-order valence-electron chi connectivity index (χ4n) is 3.82. The van der Waals surface area contributed by atoms with Gasteiger partial charge in [0, 0.05) is 23.0 Å². The second kappa shape index (κ2) is 9.72. The maximum atomic E-state index is 13.0. The first-order chi connectivity index (χ1) is 16.3. The molecule has 1 aliphatic heterocycles. The number of methoxy groups -OCH3 is 1. The predicted octanol–water partition coefficient (Wildman–Crippen LogP) is 4.89. The lowest BCUT2D eigenvalue weighted by atomic mass is 9.93. The Labute approximate surface area is 206 Å². The maximum absolute atomic E-state index is 13.0. The van der Waals surface area contributed by atoms with E-state index in [2.05, 4.69) is 26.6 Å². The zero-order chi connectivity index (χ0) is 24.4. The molecular formula is C25H25BrN4O4. The van der Waals surface area contributed by atoms with Crippen LogP contribution in [0.2, 0.25) is 0 Å². The van der Waals surface area contributed by atoms with E-state index in [0.717, 1.165) is 15.7 Å². The van der Waals surface area contributed by atoms with E-state index >= 15 is 0 Å².